The van der Waals surface area contributed by atoms with Crippen molar-refractivity contribution in [1.29, 1.82) is 0 Å². The normalized spacial score (nSPS) is 14.1. The summed E-state index contributed by atoms with van der Waals surface area (Å²) in [6, 6.07) is 11.4. The van der Waals surface area contributed by atoms with Gasteiger partial charge in [0, 0.05) is 24.0 Å². The van der Waals surface area contributed by atoms with Crippen molar-refractivity contribution < 1.29 is 14.3 Å². The van der Waals surface area contributed by atoms with Gasteiger partial charge in [-0.05, 0) is 63.2 Å². The summed E-state index contributed by atoms with van der Waals surface area (Å²) >= 11 is 0. The summed E-state index contributed by atoms with van der Waals surface area (Å²) in [5.74, 6) is 0.644. The van der Waals surface area contributed by atoms with E-state index in [2.05, 4.69) is 15.5 Å². The first-order valence-electron chi connectivity index (χ1n) is 11.9. The summed E-state index contributed by atoms with van der Waals surface area (Å²) in [5, 5.41) is 5.91. The van der Waals surface area contributed by atoms with Crippen LogP contribution in [-0.2, 0) is 17.8 Å². The summed E-state index contributed by atoms with van der Waals surface area (Å²) < 4.78 is 6.90. The molecule has 184 valence electrons. The summed E-state index contributed by atoms with van der Waals surface area (Å²) in [6.07, 6.45) is 3.56. The highest BCUT2D eigenvalue weighted by Gasteiger charge is 2.17. The van der Waals surface area contributed by atoms with Gasteiger partial charge in [-0.15, -0.1) is 0 Å². The molecule has 3 aromatic rings. The van der Waals surface area contributed by atoms with E-state index in [1.807, 2.05) is 0 Å². The van der Waals surface area contributed by atoms with Gasteiger partial charge in [-0.3, -0.25) is 19.1 Å². The average molecular weight is 478 g/mol. The number of ketones is 1. The SMILES string of the molecule is COCCn1c(CN2CCCCC2)nc2ccc(NC(=O)Nc3cccc(C(C)=O)c3)cc2c1=O. The van der Waals surface area contributed by atoms with Crippen LogP contribution < -0.4 is 16.2 Å². The second kappa shape index (κ2) is 11.2. The number of anilines is 2. The lowest BCUT2D eigenvalue weighted by Crippen LogP contribution is -2.34. The number of amides is 2. The molecule has 9 nitrogen and oxygen atoms in total. The molecule has 1 fully saturated rings. The maximum atomic E-state index is 13.4. The number of aromatic nitrogens is 2. The van der Waals surface area contributed by atoms with Gasteiger partial charge < -0.3 is 15.4 Å². The molecule has 1 aliphatic heterocycles. The quantitative estimate of drug-likeness (QED) is 0.477. The van der Waals surface area contributed by atoms with Crippen LogP contribution in [0, 0.1) is 0 Å². The number of fused-ring (bicyclic) bond motifs is 1. The van der Waals surface area contributed by atoms with Gasteiger partial charge in [0.2, 0.25) is 0 Å². The lowest BCUT2D eigenvalue weighted by Gasteiger charge is -2.27. The third-order valence-corrected chi connectivity index (χ3v) is 6.15. The number of carbonyl (C=O) groups excluding carboxylic acids is 2. The molecule has 2 heterocycles. The Morgan fingerprint density at radius 2 is 1.77 bits per heavy atom. The first kappa shape index (κ1) is 24.6. The Hall–Kier alpha value is -3.56. The van der Waals surface area contributed by atoms with E-state index in [4.69, 9.17) is 9.72 Å². The first-order chi connectivity index (χ1) is 16.9. The Balaban J connectivity index is 1.57. The van der Waals surface area contributed by atoms with E-state index < -0.39 is 6.03 Å². The zero-order valence-corrected chi connectivity index (χ0v) is 20.2. The molecular formula is C26H31N5O4. The van der Waals surface area contributed by atoms with E-state index >= 15 is 0 Å². The number of benzene rings is 2. The maximum absolute atomic E-state index is 13.4. The van der Waals surface area contributed by atoms with Crippen molar-refractivity contribution in [2.75, 3.05) is 37.4 Å². The smallest absolute Gasteiger partial charge is 0.323 e. The first-order valence-corrected chi connectivity index (χ1v) is 11.9. The van der Waals surface area contributed by atoms with Crippen LogP contribution in [0.3, 0.4) is 0 Å². The molecule has 35 heavy (non-hydrogen) atoms. The van der Waals surface area contributed by atoms with Gasteiger partial charge in [-0.2, -0.15) is 0 Å². The van der Waals surface area contributed by atoms with Crippen molar-refractivity contribution in [3.05, 3.63) is 64.2 Å². The fourth-order valence-corrected chi connectivity index (χ4v) is 4.31. The highest BCUT2D eigenvalue weighted by atomic mass is 16.5. The van der Waals surface area contributed by atoms with E-state index in [1.165, 1.54) is 13.3 Å². The van der Waals surface area contributed by atoms with Crippen molar-refractivity contribution in [1.82, 2.24) is 14.5 Å². The Kier molecular flexibility index (Phi) is 7.89. The van der Waals surface area contributed by atoms with Crippen LogP contribution in [0.5, 0.6) is 0 Å². The van der Waals surface area contributed by atoms with Crippen LogP contribution in [-0.4, -0.2) is 53.1 Å². The van der Waals surface area contributed by atoms with Crippen LogP contribution in [0.4, 0.5) is 16.2 Å². The number of nitrogens with one attached hydrogen (secondary N) is 2. The van der Waals surface area contributed by atoms with Crippen LogP contribution >= 0.6 is 0 Å². The molecule has 2 amide bonds. The molecule has 1 saturated heterocycles. The minimum atomic E-state index is -0.473. The Morgan fingerprint density at radius 1 is 1.03 bits per heavy atom. The summed E-state index contributed by atoms with van der Waals surface area (Å²) in [6.45, 7) is 4.92. The van der Waals surface area contributed by atoms with E-state index in [0.29, 0.717) is 47.5 Å². The Morgan fingerprint density at radius 3 is 2.49 bits per heavy atom. The molecule has 0 saturated carbocycles. The number of methoxy groups -OCH3 is 1. The molecule has 0 aliphatic carbocycles. The standard InChI is InChI=1S/C26H31N5O4/c1-18(32)19-7-6-8-20(15-19)27-26(34)28-21-9-10-23-22(16-21)25(33)31(13-14-35-2)24(29-23)17-30-11-4-3-5-12-30/h6-10,15-16H,3-5,11-14,17H2,1-2H3,(H2,27,28,34). The third-order valence-electron chi connectivity index (χ3n) is 6.15. The third kappa shape index (κ3) is 6.12. The van der Waals surface area contributed by atoms with Crippen molar-refractivity contribution in [3.8, 4) is 0 Å². The molecule has 2 aromatic carbocycles. The fourth-order valence-electron chi connectivity index (χ4n) is 4.31. The van der Waals surface area contributed by atoms with Crippen LogP contribution in [0.25, 0.3) is 10.9 Å². The topological polar surface area (TPSA) is 106 Å². The van der Waals surface area contributed by atoms with Gasteiger partial charge in [0.15, 0.2) is 5.78 Å². The molecule has 1 aliphatic rings. The second-order valence-corrected chi connectivity index (χ2v) is 8.76. The Bertz CT molecular complexity index is 1280. The maximum Gasteiger partial charge on any atom is 0.323 e. The Labute approximate surface area is 204 Å². The highest BCUT2D eigenvalue weighted by molar-refractivity contribution is 6.02. The van der Waals surface area contributed by atoms with Gasteiger partial charge >= 0.3 is 6.03 Å². The zero-order chi connectivity index (χ0) is 24.8. The monoisotopic (exact) mass is 477 g/mol. The van der Waals surface area contributed by atoms with E-state index in [9.17, 15) is 14.4 Å². The molecule has 0 bridgehead atoms. The van der Waals surface area contributed by atoms with Gasteiger partial charge in [0.05, 0.1) is 30.6 Å². The van der Waals surface area contributed by atoms with Gasteiger partial charge in [-0.1, -0.05) is 18.6 Å². The van der Waals surface area contributed by atoms with Gasteiger partial charge in [0.1, 0.15) is 5.82 Å². The minimum absolute atomic E-state index is 0.0829. The largest absolute Gasteiger partial charge is 0.383 e. The number of hydrogen-bond donors (Lipinski definition) is 2. The van der Waals surface area contributed by atoms with Crippen molar-refractivity contribution in [3.63, 3.8) is 0 Å². The lowest BCUT2D eigenvalue weighted by molar-refractivity contribution is 0.101. The van der Waals surface area contributed by atoms with Gasteiger partial charge in [-0.25, -0.2) is 9.78 Å². The zero-order valence-electron chi connectivity index (χ0n) is 20.2. The number of ether oxygens (including phenoxy) is 1. The molecule has 4 rings (SSSR count). The predicted molar refractivity (Wildman–Crippen MR) is 136 cm³/mol. The molecule has 9 heteroatoms. The molecule has 1 aromatic heterocycles. The number of hydrogen-bond acceptors (Lipinski definition) is 6. The molecular weight excluding hydrogens is 446 g/mol. The number of carbonyl (C=O) groups is 2. The second-order valence-electron chi connectivity index (χ2n) is 8.76. The molecule has 0 atom stereocenters. The molecule has 0 radical (unpaired) electrons. The number of piperidine rings is 1. The number of urea groups is 1. The minimum Gasteiger partial charge on any atom is -0.383 e. The number of rotatable bonds is 8. The summed E-state index contributed by atoms with van der Waals surface area (Å²) in [4.78, 5) is 44.7. The number of likely N-dealkylation sites (tertiary alicyclic amines) is 1. The van der Waals surface area contributed by atoms with Crippen molar-refractivity contribution in [2.45, 2.75) is 39.3 Å². The van der Waals surface area contributed by atoms with E-state index in [0.717, 1.165) is 31.8 Å². The molecule has 0 spiro atoms. The van der Waals surface area contributed by atoms with Crippen LogP contribution in [0.2, 0.25) is 0 Å². The van der Waals surface area contributed by atoms with Crippen LogP contribution in [0.1, 0.15) is 42.4 Å². The molecule has 0 unspecified atom stereocenters. The summed E-state index contributed by atoms with van der Waals surface area (Å²) in [7, 11) is 1.61. The number of nitrogens with zero attached hydrogens (tertiary/aromatic N) is 3. The summed E-state index contributed by atoms with van der Waals surface area (Å²) in [5.41, 5.74) is 1.92. The van der Waals surface area contributed by atoms with E-state index in [1.54, 1.807) is 54.1 Å². The van der Waals surface area contributed by atoms with E-state index in [-0.39, 0.29) is 11.3 Å². The average Bonchev–Trinajstić information content (AvgIpc) is 2.85. The fraction of sp³-hybridized carbons (Fsp3) is 0.385. The predicted octanol–water partition coefficient (Wildman–Crippen LogP) is 3.88. The van der Waals surface area contributed by atoms with Gasteiger partial charge in [0.25, 0.3) is 5.56 Å². The lowest BCUT2D eigenvalue weighted by atomic mass is 10.1. The van der Waals surface area contributed by atoms with Crippen molar-refractivity contribution in [2.24, 2.45) is 0 Å². The highest BCUT2D eigenvalue weighted by Crippen LogP contribution is 2.18. The van der Waals surface area contributed by atoms with Crippen LogP contribution in [0.15, 0.2) is 47.3 Å². The molecule has 2 N–H and O–H groups in total. The number of Topliss-reactive ketones (excluding diaryl/α,β-unsaturated/α-hetero) is 1. The van der Waals surface area contributed by atoms with Crippen molar-refractivity contribution >= 4 is 34.1 Å².